The van der Waals surface area contributed by atoms with E-state index in [1.165, 1.54) is 4.57 Å². The number of nitrogens with one attached hydrogen (secondary N) is 1. The average Bonchev–Trinajstić information content (AvgIpc) is 2.95. The fourth-order valence-electron chi connectivity index (χ4n) is 2.94. The van der Waals surface area contributed by atoms with Gasteiger partial charge in [0.1, 0.15) is 0 Å². The molecule has 0 bridgehead atoms. The number of carbonyl (C=O) groups excluding carboxylic acids is 1. The van der Waals surface area contributed by atoms with Crippen LogP contribution in [0.15, 0.2) is 35.3 Å². The number of aryl methyl sites for hydroxylation is 1. The number of hydrogen-bond donors (Lipinski definition) is 2. The zero-order valence-electron chi connectivity index (χ0n) is 13.4. The van der Waals surface area contributed by atoms with E-state index >= 15 is 0 Å². The van der Waals surface area contributed by atoms with Gasteiger partial charge in [-0.25, -0.2) is 4.79 Å². The molecule has 1 aromatic carbocycles. The number of aromatic nitrogens is 1. The van der Waals surface area contributed by atoms with Crippen molar-refractivity contribution < 1.29 is 9.90 Å². The highest BCUT2D eigenvalue weighted by Crippen LogP contribution is 2.25. The van der Waals surface area contributed by atoms with E-state index in [1.54, 1.807) is 30.3 Å². The second-order valence-electron chi connectivity index (χ2n) is 6.21. The largest absolute Gasteiger partial charge is 0.388 e. The van der Waals surface area contributed by atoms with Gasteiger partial charge in [0.25, 0.3) is 5.56 Å². The predicted octanol–water partition coefficient (Wildman–Crippen LogP) is 1.92. The highest BCUT2D eigenvalue weighted by atomic mass is 16.3. The number of β-amino-alcohol motifs (C(OH)–C–C–N with tert-alkyl or cyclic N) is 1. The number of hydrogen-bond acceptors (Lipinski definition) is 3. The first-order chi connectivity index (χ1) is 10.9. The second-order valence-corrected chi connectivity index (χ2v) is 6.21. The van der Waals surface area contributed by atoms with Crippen LogP contribution in [0.5, 0.6) is 0 Å². The van der Waals surface area contributed by atoms with Crippen LogP contribution in [0, 0.1) is 0 Å². The van der Waals surface area contributed by atoms with Crippen LogP contribution >= 0.6 is 0 Å². The lowest BCUT2D eigenvalue weighted by atomic mass is 10.0. The van der Waals surface area contributed by atoms with Crippen molar-refractivity contribution in [2.24, 2.45) is 7.05 Å². The Bertz CT molecular complexity index is 814. The van der Waals surface area contributed by atoms with Crippen LogP contribution in [-0.2, 0) is 7.05 Å². The summed E-state index contributed by atoms with van der Waals surface area (Å²) < 4.78 is 1.51. The molecule has 1 saturated heterocycles. The molecular formula is C17H21N3O3. The van der Waals surface area contributed by atoms with Gasteiger partial charge in [0.05, 0.1) is 12.1 Å². The highest BCUT2D eigenvalue weighted by Gasteiger charge is 2.36. The smallest absolute Gasteiger partial charge is 0.321 e. The van der Waals surface area contributed by atoms with E-state index in [0.29, 0.717) is 37.0 Å². The van der Waals surface area contributed by atoms with Crippen molar-refractivity contribution in [3.63, 3.8) is 0 Å². The lowest BCUT2D eigenvalue weighted by Crippen LogP contribution is -2.37. The summed E-state index contributed by atoms with van der Waals surface area (Å²) in [5.41, 5.74) is -0.297. The van der Waals surface area contributed by atoms with E-state index in [9.17, 15) is 14.7 Å². The van der Waals surface area contributed by atoms with Crippen LogP contribution in [0.3, 0.4) is 0 Å². The number of amides is 2. The first-order valence-corrected chi connectivity index (χ1v) is 7.79. The number of anilines is 1. The van der Waals surface area contributed by atoms with Gasteiger partial charge in [-0.05, 0) is 36.4 Å². The summed E-state index contributed by atoms with van der Waals surface area (Å²) in [5.74, 6) is 0. The maximum atomic E-state index is 12.3. The molecule has 6 heteroatoms. The van der Waals surface area contributed by atoms with Gasteiger partial charge in [-0.3, -0.25) is 4.79 Å². The van der Waals surface area contributed by atoms with Crippen molar-refractivity contribution >= 4 is 22.5 Å². The van der Waals surface area contributed by atoms with Crippen LogP contribution in [0.2, 0.25) is 0 Å². The van der Waals surface area contributed by atoms with Crippen LogP contribution in [0.4, 0.5) is 10.5 Å². The Balaban J connectivity index is 1.81. The number of aliphatic hydroxyl groups is 1. The molecule has 1 atom stereocenters. The molecule has 3 rings (SSSR count). The number of carbonyl (C=O) groups is 1. The third-order valence-electron chi connectivity index (χ3n) is 4.61. The molecule has 1 fully saturated rings. The van der Waals surface area contributed by atoms with Crippen molar-refractivity contribution in [2.45, 2.75) is 25.4 Å². The van der Waals surface area contributed by atoms with Gasteiger partial charge in [0.15, 0.2) is 0 Å². The lowest BCUT2D eigenvalue weighted by Gasteiger charge is -2.22. The number of pyridine rings is 1. The summed E-state index contributed by atoms with van der Waals surface area (Å²) >= 11 is 0. The topological polar surface area (TPSA) is 74.6 Å². The van der Waals surface area contributed by atoms with Gasteiger partial charge in [0, 0.05) is 30.9 Å². The summed E-state index contributed by atoms with van der Waals surface area (Å²) in [5, 5.41) is 14.4. The Kier molecular flexibility index (Phi) is 3.85. The van der Waals surface area contributed by atoms with Gasteiger partial charge < -0.3 is 19.9 Å². The van der Waals surface area contributed by atoms with E-state index in [0.717, 1.165) is 5.39 Å². The summed E-state index contributed by atoms with van der Waals surface area (Å²) in [6.45, 7) is 2.79. The monoisotopic (exact) mass is 315 g/mol. The summed E-state index contributed by atoms with van der Waals surface area (Å²) in [6.07, 6.45) is 2.94. The molecule has 1 unspecified atom stereocenters. The van der Waals surface area contributed by atoms with Crippen LogP contribution < -0.4 is 10.9 Å². The molecule has 0 radical (unpaired) electrons. The van der Waals surface area contributed by atoms with Crippen LogP contribution in [-0.4, -0.2) is 39.3 Å². The standard InChI is InChI=1S/C17H21N3O3/c1-3-17(23)7-9-20(11-17)16(22)18-13-5-4-12-6-8-19(2)15(21)14(12)10-13/h4-6,8,10,23H,3,7,9,11H2,1-2H3,(H,18,22). The zero-order valence-corrected chi connectivity index (χ0v) is 13.4. The molecule has 1 aromatic heterocycles. The van der Waals surface area contributed by atoms with Crippen molar-refractivity contribution in [3.8, 4) is 0 Å². The summed E-state index contributed by atoms with van der Waals surface area (Å²) in [6, 6.07) is 6.91. The minimum Gasteiger partial charge on any atom is -0.388 e. The third kappa shape index (κ3) is 2.94. The van der Waals surface area contributed by atoms with Crippen molar-refractivity contribution in [1.82, 2.24) is 9.47 Å². The quantitative estimate of drug-likeness (QED) is 0.889. The molecule has 0 spiro atoms. The molecule has 6 nitrogen and oxygen atoms in total. The first-order valence-electron chi connectivity index (χ1n) is 7.79. The van der Waals surface area contributed by atoms with Gasteiger partial charge in [-0.15, -0.1) is 0 Å². The van der Waals surface area contributed by atoms with Crippen molar-refractivity contribution in [1.29, 1.82) is 0 Å². The Labute approximate surface area is 134 Å². The van der Waals surface area contributed by atoms with E-state index < -0.39 is 5.60 Å². The minimum atomic E-state index is -0.781. The highest BCUT2D eigenvalue weighted by molar-refractivity contribution is 5.93. The Morgan fingerprint density at radius 3 is 2.87 bits per heavy atom. The molecule has 1 aliphatic heterocycles. The summed E-state index contributed by atoms with van der Waals surface area (Å²) in [7, 11) is 1.70. The third-order valence-corrected chi connectivity index (χ3v) is 4.61. The SMILES string of the molecule is CCC1(O)CCN(C(=O)Nc2ccc3ccn(C)c(=O)c3c2)C1. The van der Waals surface area contributed by atoms with E-state index in [1.807, 2.05) is 19.1 Å². The number of fused-ring (bicyclic) bond motifs is 1. The maximum Gasteiger partial charge on any atom is 0.321 e. The first kappa shape index (κ1) is 15.6. The zero-order chi connectivity index (χ0) is 16.6. The number of benzene rings is 1. The number of rotatable bonds is 2. The van der Waals surface area contributed by atoms with Gasteiger partial charge >= 0.3 is 6.03 Å². The predicted molar refractivity (Wildman–Crippen MR) is 89.6 cm³/mol. The molecule has 1 aliphatic rings. The normalized spacial score (nSPS) is 20.9. The average molecular weight is 315 g/mol. The molecular weight excluding hydrogens is 294 g/mol. The number of nitrogens with zero attached hydrogens (tertiary/aromatic N) is 2. The van der Waals surface area contributed by atoms with Crippen LogP contribution in [0.1, 0.15) is 19.8 Å². The van der Waals surface area contributed by atoms with E-state index in [4.69, 9.17) is 0 Å². The Morgan fingerprint density at radius 2 is 2.17 bits per heavy atom. The Morgan fingerprint density at radius 1 is 1.39 bits per heavy atom. The van der Waals surface area contributed by atoms with E-state index in [2.05, 4.69) is 5.32 Å². The van der Waals surface area contributed by atoms with Gasteiger partial charge in [-0.1, -0.05) is 13.0 Å². The molecule has 0 aliphatic carbocycles. The number of urea groups is 1. The molecule has 23 heavy (non-hydrogen) atoms. The fourth-order valence-corrected chi connectivity index (χ4v) is 2.94. The van der Waals surface area contributed by atoms with Crippen molar-refractivity contribution in [3.05, 3.63) is 40.8 Å². The molecule has 2 aromatic rings. The van der Waals surface area contributed by atoms with Crippen molar-refractivity contribution in [2.75, 3.05) is 18.4 Å². The fraction of sp³-hybridized carbons (Fsp3) is 0.412. The van der Waals surface area contributed by atoms with E-state index in [-0.39, 0.29) is 11.6 Å². The molecule has 2 amide bonds. The molecule has 2 N–H and O–H groups in total. The second kappa shape index (κ2) is 5.70. The minimum absolute atomic E-state index is 0.0971. The van der Waals surface area contributed by atoms with Gasteiger partial charge in [-0.2, -0.15) is 0 Å². The molecule has 122 valence electrons. The molecule has 0 saturated carbocycles. The number of likely N-dealkylation sites (tertiary alicyclic amines) is 1. The van der Waals surface area contributed by atoms with Gasteiger partial charge in [0.2, 0.25) is 0 Å². The molecule has 2 heterocycles. The lowest BCUT2D eigenvalue weighted by molar-refractivity contribution is 0.0492. The Hall–Kier alpha value is -2.34. The summed E-state index contributed by atoms with van der Waals surface area (Å²) in [4.78, 5) is 26.1. The maximum absolute atomic E-state index is 12.3. The van der Waals surface area contributed by atoms with Crippen LogP contribution in [0.25, 0.3) is 10.8 Å².